The van der Waals surface area contributed by atoms with Crippen LogP contribution >= 0.6 is 0 Å². The van der Waals surface area contributed by atoms with E-state index in [1.165, 1.54) is 32.1 Å². The Balaban J connectivity index is 1.90. The summed E-state index contributed by atoms with van der Waals surface area (Å²) in [7, 11) is 0. The van der Waals surface area contributed by atoms with Crippen LogP contribution in [0.4, 0.5) is 0 Å². The fraction of sp³-hybridized carbons (Fsp3) is 0.579. The molecular formula is C19H27N3. The second-order valence-electron chi connectivity index (χ2n) is 7.64. The van der Waals surface area contributed by atoms with Gasteiger partial charge in [-0.25, -0.2) is 4.98 Å². The van der Waals surface area contributed by atoms with Crippen LogP contribution in [0.15, 0.2) is 30.6 Å². The minimum Gasteiger partial charge on any atom is -0.340 e. The lowest BCUT2D eigenvalue weighted by Gasteiger charge is -2.38. The predicted molar refractivity (Wildman–Crippen MR) is 90.6 cm³/mol. The fourth-order valence-corrected chi connectivity index (χ4v) is 3.95. The van der Waals surface area contributed by atoms with E-state index in [0.29, 0.717) is 5.92 Å². The highest BCUT2D eigenvalue weighted by Crippen LogP contribution is 2.45. The van der Waals surface area contributed by atoms with Crippen molar-refractivity contribution in [2.75, 3.05) is 0 Å². The highest BCUT2D eigenvalue weighted by Gasteiger charge is 2.36. The van der Waals surface area contributed by atoms with Crippen LogP contribution in [0.25, 0.3) is 11.4 Å². The van der Waals surface area contributed by atoms with Gasteiger partial charge in [0.1, 0.15) is 5.82 Å². The number of hydrogen-bond acceptors (Lipinski definition) is 2. The summed E-state index contributed by atoms with van der Waals surface area (Å²) in [6, 6.07) is 6.00. The second kappa shape index (κ2) is 6.23. The molecule has 0 bridgehead atoms. The molecule has 3 heteroatoms. The highest BCUT2D eigenvalue weighted by atomic mass is 14.9. The molecule has 1 aliphatic rings. The van der Waals surface area contributed by atoms with Gasteiger partial charge in [-0.15, -0.1) is 0 Å². The molecule has 1 atom stereocenters. The van der Waals surface area contributed by atoms with Crippen LogP contribution in [0.1, 0.15) is 64.6 Å². The molecule has 2 aromatic rings. The number of H-pyrrole nitrogens is 1. The maximum atomic E-state index is 4.74. The normalized spacial score (nSPS) is 18.3. The average molecular weight is 297 g/mol. The van der Waals surface area contributed by atoms with E-state index in [1.807, 2.05) is 30.6 Å². The molecular weight excluding hydrogens is 270 g/mol. The zero-order valence-electron chi connectivity index (χ0n) is 14.0. The molecule has 0 saturated heterocycles. The van der Waals surface area contributed by atoms with Crippen LogP contribution in [0.2, 0.25) is 0 Å². The van der Waals surface area contributed by atoms with Crippen molar-refractivity contribution in [3.63, 3.8) is 0 Å². The fourth-order valence-electron chi connectivity index (χ4n) is 3.95. The summed E-state index contributed by atoms with van der Waals surface area (Å²) >= 11 is 0. The number of nitrogens with one attached hydrogen (secondary N) is 1. The van der Waals surface area contributed by atoms with E-state index in [1.54, 1.807) is 0 Å². The van der Waals surface area contributed by atoms with Gasteiger partial charge in [-0.2, -0.15) is 0 Å². The number of aromatic nitrogens is 3. The number of aromatic amines is 1. The monoisotopic (exact) mass is 297 g/mol. The predicted octanol–water partition coefficient (Wildman–Crippen LogP) is 5.18. The Labute approximate surface area is 133 Å². The van der Waals surface area contributed by atoms with E-state index in [4.69, 9.17) is 4.98 Å². The van der Waals surface area contributed by atoms with Crippen molar-refractivity contribution in [3.8, 4) is 11.4 Å². The summed E-state index contributed by atoms with van der Waals surface area (Å²) in [6.45, 7) is 7.03. The summed E-state index contributed by atoms with van der Waals surface area (Å²) in [6.07, 6.45) is 10.6. The molecule has 3 rings (SSSR count). The lowest BCUT2D eigenvalue weighted by Crippen LogP contribution is -2.28. The molecule has 22 heavy (non-hydrogen) atoms. The standard InChI is InChI=1S/C19H27N3/c1-19(2,3)17(14-9-5-4-6-10-14)18-21-13-16(22-18)15-11-7-8-12-20-15/h7-8,11-14,17H,4-6,9-10H2,1-3H3,(H,21,22). The van der Waals surface area contributed by atoms with E-state index in [-0.39, 0.29) is 5.41 Å². The molecule has 0 spiro atoms. The Hall–Kier alpha value is -1.64. The number of nitrogens with zero attached hydrogens (tertiary/aromatic N) is 2. The zero-order valence-corrected chi connectivity index (χ0v) is 14.0. The average Bonchev–Trinajstić information content (AvgIpc) is 2.97. The molecule has 1 saturated carbocycles. The van der Waals surface area contributed by atoms with Crippen molar-refractivity contribution in [2.45, 2.75) is 58.8 Å². The second-order valence-corrected chi connectivity index (χ2v) is 7.64. The first-order valence-corrected chi connectivity index (χ1v) is 8.52. The highest BCUT2D eigenvalue weighted by molar-refractivity contribution is 5.52. The van der Waals surface area contributed by atoms with Crippen molar-refractivity contribution < 1.29 is 0 Å². The molecule has 1 aliphatic carbocycles. The van der Waals surface area contributed by atoms with Gasteiger partial charge in [0.05, 0.1) is 17.6 Å². The van der Waals surface area contributed by atoms with Crippen molar-refractivity contribution >= 4 is 0 Å². The molecule has 1 N–H and O–H groups in total. The summed E-state index contributed by atoms with van der Waals surface area (Å²) in [5.41, 5.74) is 2.22. The first kappa shape index (κ1) is 15.3. The van der Waals surface area contributed by atoms with Crippen LogP contribution in [-0.2, 0) is 0 Å². The lowest BCUT2D eigenvalue weighted by molar-refractivity contribution is 0.184. The van der Waals surface area contributed by atoms with Crippen molar-refractivity contribution in [1.29, 1.82) is 0 Å². The van der Waals surface area contributed by atoms with Crippen LogP contribution in [0, 0.1) is 11.3 Å². The van der Waals surface area contributed by atoms with E-state index in [2.05, 4.69) is 30.7 Å². The van der Waals surface area contributed by atoms with Gasteiger partial charge in [0, 0.05) is 12.1 Å². The van der Waals surface area contributed by atoms with Gasteiger partial charge in [-0.3, -0.25) is 4.98 Å². The van der Waals surface area contributed by atoms with E-state index >= 15 is 0 Å². The van der Waals surface area contributed by atoms with Gasteiger partial charge in [0.2, 0.25) is 0 Å². The SMILES string of the molecule is CC(C)(C)C(c1ncc(-c2ccccn2)[nH]1)C1CCCCC1. The first-order chi connectivity index (χ1) is 10.6. The van der Waals surface area contributed by atoms with Crippen LogP contribution < -0.4 is 0 Å². The molecule has 0 aromatic carbocycles. The number of rotatable bonds is 3. The van der Waals surface area contributed by atoms with Crippen LogP contribution in [0.3, 0.4) is 0 Å². The summed E-state index contributed by atoms with van der Waals surface area (Å²) in [4.78, 5) is 12.7. The van der Waals surface area contributed by atoms with E-state index in [0.717, 1.165) is 23.1 Å². The molecule has 2 aromatic heterocycles. The molecule has 0 radical (unpaired) electrons. The molecule has 1 fully saturated rings. The summed E-state index contributed by atoms with van der Waals surface area (Å²) < 4.78 is 0. The van der Waals surface area contributed by atoms with Crippen molar-refractivity contribution in [2.24, 2.45) is 11.3 Å². The van der Waals surface area contributed by atoms with Crippen LogP contribution in [0.5, 0.6) is 0 Å². The van der Waals surface area contributed by atoms with Crippen LogP contribution in [-0.4, -0.2) is 15.0 Å². The minimum atomic E-state index is 0.223. The topological polar surface area (TPSA) is 41.6 Å². The Morgan fingerprint density at radius 1 is 1.09 bits per heavy atom. The number of hydrogen-bond donors (Lipinski definition) is 1. The Kier molecular flexibility index (Phi) is 4.32. The number of pyridine rings is 1. The summed E-state index contributed by atoms with van der Waals surface area (Å²) in [5, 5.41) is 0. The maximum absolute atomic E-state index is 4.74. The van der Waals surface area contributed by atoms with Crippen molar-refractivity contribution in [1.82, 2.24) is 15.0 Å². The van der Waals surface area contributed by atoms with Crippen molar-refractivity contribution in [3.05, 3.63) is 36.4 Å². The number of imidazole rings is 1. The van der Waals surface area contributed by atoms with Gasteiger partial charge in [-0.1, -0.05) is 46.1 Å². The third-order valence-electron chi connectivity index (χ3n) is 4.89. The van der Waals surface area contributed by atoms with Gasteiger partial charge < -0.3 is 4.98 Å². The maximum Gasteiger partial charge on any atom is 0.110 e. The Morgan fingerprint density at radius 3 is 2.50 bits per heavy atom. The smallest absolute Gasteiger partial charge is 0.110 e. The van der Waals surface area contributed by atoms with Gasteiger partial charge in [0.15, 0.2) is 0 Å². The largest absolute Gasteiger partial charge is 0.340 e. The molecule has 118 valence electrons. The quantitative estimate of drug-likeness (QED) is 0.848. The zero-order chi connectivity index (χ0) is 15.6. The third kappa shape index (κ3) is 3.23. The van der Waals surface area contributed by atoms with Gasteiger partial charge in [-0.05, 0) is 36.3 Å². The Morgan fingerprint density at radius 2 is 1.86 bits per heavy atom. The summed E-state index contributed by atoms with van der Waals surface area (Å²) in [5.74, 6) is 2.38. The van der Waals surface area contributed by atoms with Gasteiger partial charge >= 0.3 is 0 Å². The molecule has 0 aliphatic heterocycles. The van der Waals surface area contributed by atoms with Gasteiger partial charge in [0.25, 0.3) is 0 Å². The van der Waals surface area contributed by atoms with E-state index < -0.39 is 0 Å². The Bertz CT molecular complexity index is 589. The molecule has 2 heterocycles. The van der Waals surface area contributed by atoms with E-state index in [9.17, 15) is 0 Å². The molecule has 0 amide bonds. The molecule has 1 unspecified atom stereocenters. The molecule has 3 nitrogen and oxygen atoms in total. The minimum absolute atomic E-state index is 0.223. The third-order valence-corrected chi connectivity index (χ3v) is 4.89. The first-order valence-electron chi connectivity index (χ1n) is 8.52. The lowest BCUT2D eigenvalue weighted by atomic mass is 9.68.